The van der Waals surface area contributed by atoms with Crippen molar-refractivity contribution in [3.63, 3.8) is 0 Å². The fourth-order valence-electron chi connectivity index (χ4n) is 7.64. The second-order valence-electron chi connectivity index (χ2n) is 20.0. The molecule has 0 bridgehead atoms. The number of carbonyl (C=O) groups is 2. The first-order chi connectivity index (χ1) is 33.0. The molecule has 0 fully saturated rings. The Morgan fingerprint density at radius 1 is 0.456 bits per heavy atom. The summed E-state index contributed by atoms with van der Waals surface area (Å²) < 4.78 is 34.5. The molecule has 0 aliphatic carbocycles. The summed E-state index contributed by atoms with van der Waals surface area (Å²) in [5.41, 5.74) is 0. The van der Waals surface area contributed by atoms with Crippen LogP contribution in [0.4, 0.5) is 0 Å². The van der Waals surface area contributed by atoms with Crippen molar-refractivity contribution >= 4 is 19.8 Å². The highest BCUT2D eigenvalue weighted by Gasteiger charge is 2.27. The van der Waals surface area contributed by atoms with Crippen LogP contribution in [0.15, 0.2) is 60.8 Å². The minimum Gasteiger partial charge on any atom is -0.462 e. The molecule has 0 radical (unpaired) electrons. The number of unbranched alkanes of at least 4 members (excludes halogenated alkanes) is 27. The largest absolute Gasteiger partial charge is 0.472 e. The van der Waals surface area contributed by atoms with Crippen LogP contribution in [0.3, 0.4) is 0 Å². The van der Waals surface area contributed by atoms with E-state index in [0.717, 1.165) is 64.2 Å². The van der Waals surface area contributed by atoms with Gasteiger partial charge in [0, 0.05) is 12.8 Å². The van der Waals surface area contributed by atoms with Gasteiger partial charge in [-0.05, 0) is 83.5 Å². The Morgan fingerprint density at radius 3 is 1.18 bits per heavy atom. The molecule has 68 heavy (non-hydrogen) atoms. The molecule has 0 saturated carbocycles. The molecule has 396 valence electrons. The van der Waals surface area contributed by atoms with E-state index in [2.05, 4.69) is 74.6 Å². The summed E-state index contributed by atoms with van der Waals surface area (Å²) in [6.07, 6.45) is 62.7. The normalized spacial score (nSPS) is 13.8. The number of carbonyl (C=O) groups excluding carboxylic acids is 2. The van der Waals surface area contributed by atoms with Crippen LogP contribution in [0.5, 0.6) is 0 Å². The standard InChI is InChI=1S/C58H106NO8P/c1-6-8-10-12-14-16-18-20-22-24-26-28-29-31-33-35-37-39-41-43-45-47-49-51-58(61)67-56(55-66-68(62,63)65-53-52-59(3,4)5)54-64-57(60)50-48-46-44-42-40-38-36-34-32-30-27-25-23-21-19-17-15-13-11-9-7-2/h18-21,24-27,29,31,56H,6-17,22-23,28,30,32-55H2,1-5H3/p+1/b20-18-,21-19-,26-24-,27-25-,31-29-. The van der Waals surface area contributed by atoms with Crippen LogP contribution in [0.25, 0.3) is 0 Å². The lowest BCUT2D eigenvalue weighted by Crippen LogP contribution is -2.37. The average Bonchev–Trinajstić information content (AvgIpc) is 3.30. The predicted molar refractivity (Wildman–Crippen MR) is 289 cm³/mol. The van der Waals surface area contributed by atoms with E-state index in [0.29, 0.717) is 17.4 Å². The van der Waals surface area contributed by atoms with Gasteiger partial charge in [0.1, 0.15) is 19.8 Å². The molecule has 0 aromatic carbocycles. The first-order valence-electron chi connectivity index (χ1n) is 28.0. The van der Waals surface area contributed by atoms with E-state index in [1.54, 1.807) is 0 Å². The molecule has 9 nitrogen and oxygen atoms in total. The van der Waals surface area contributed by atoms with Crippen LogP contribution in [0.1, 0.15) is 245 Å². The molecular weight excluding hydrogens is 870 g/mol. The zero-order chi connectivity index (χ0) is 49.9. The third-order valence-electron chi connectivity index (χ3n) is 12.0. The molecule has 0 aromatic heterocycles. The minimum atomic E-state index is -4.39. The van der Waals surface area contributed by atoms with Gasteiger partial charge in [0.15, 0.2) is 6.10 Å². The number of esters is 2. The summed E-state index contributed by atoms with van der Waals surface area (Å²) in [4.78, 5) is 35.7. The Morgan fingerprint density at radius 2 is 0.794 bits per heavy atom. The second-order valence-corrected chi connectivity index (χ2v) is 21.4. The number of hydrogen-bond donors (Lipinski definition) is 1. The van der Waals surface area contributed by atoms with E-state index >= 15 is 0 Å². The van der Waals surface area contributed by atoms with Crippen LogP contribution in [0, 0.1) is 0 Å². The summed E-state index contributed by atoms with van der Waals surface area (Å²) in [5, 5.41) is 0. The number of rotatable bonds is 51. The summed E-state index contributed by atoms with van der Waals surface area (Å²) in [7, 11) is 1.47. The molecule has 0 saturated heterocycles. The fourth-order valence-corrected chi connectivity index (χ4v) is 8.38. The molecule has 2 unspecified atom stereocenters. The van der Waals surface area contributed by atoms with Crippen molar-refractivity contribution in [3.05, 3.63) is 60.8 Å². The second kappa shape index (κ2) is 49.7. The number of allylic oxidation sites excluding steroid dienone is 10. The maximum atomic E-state index is 12.8. The lowest BCUT2D eigenvalue weighted by atomic mass is 10.1. The smallest absolute Gasteiger partial charge is 0.462 e. The zero-order valence-electron chi connectivity index (χ0n) is 44.8. The maximum Gasteiger partial charge on any atom is 0.472 e. The van der Waals surface area contributed by atoms with Gasteiger partial charge in [-0.25, -0.2) is 4.57 Å². The molecule has 0 spiro atoms. The lowest BCUT2D eigenvalue weighted by molar-refractivity contribution is -0.870. The van der Waals surface area contributed by atoms with Crippen LogP contribution in [0.2, 0.25) is 0 Å². The molecule has 0 aliphatic heterocycles. The fraction of sp³-hybridized carbons (Fsp3) is 0.793. The number of nitrogens with zero attached hydrogens (tertiary/aromatic N) is 1. The highest BCUT2D eigenvalue weighted by atomic mass is 31.2. The molecule has 0 heterocycles. The van der Waals surface area contributed by atoms with Gasteiger partial charge in [-0.3, -0.25) is 18.6 Å². The van der Waals surface area contributed by atoms with Crippen molar-refractivity contribution in [1.82, 2.24) is 0 Å². The number of hydrogen-bond acceptors (Lipinski definition) is 7. The number of likely N-dealkylation sites (N-methyl/N-ethyl adjacent to an activating group) is 1. The number of ether oxygens (including phenoxy) is 2. The lowest BCUT2D eigenvalue weighted by Gasteiger charge is -2.24. The molecule has 2 atom stereocenters. The molecule has 0 aliphatic rings. The number of phosphoric acid groups is 1. The van der Waals surface area contributed by atoms with Crippen molar-refractivity contribution in [2.75, 3.05) is 47.5 Å². The Hall–Kier alpha value is -2.29. The Kier molecular flexibility index (Phi) is 48.0. The first-order valence-corrected chi connectivity index (χ1v) is 29.5. The summed E-state index contributed by atoms with van der Waals surface area (Å²) in [6, 6.07) is 0. The Labute approximate surface area is 419 Å². The zero-order valence-corrected chi connectivity index (χ0v) is 45.7. The van der Waals surface area contributed by atoms with Crippen LogP contribution < -0.4 is 0 Å². The van der Waals surface area contributed by atoms with E-state index < -0.39 is 26.5 Å². The Balaban J connectivity index is 4.23. The SMILES string of the molecule is CCCCCCC/C=C\C/C=C\C/C=C\CCCCCCCCCCC(=O)OC(COC(=O)CCCCCCCCCCC/C=C\C/C=C\CCCCCCC)COP(=O)(O)OCC[N+](C)(C)C. The van der Waals surface area contributed by atoms with E-state index in [1.807, 2.05) is 21.1 Å². The molecule has 0 amide bonds. The number of quaternary nitrogens is 1. The topological polar surface area (TPSA) is 108 Å². The van der Waals surface area contributed by atoms with Crippen molar-refractivity contribution in [2.24, 2.45) is 0 Å². The van der Waals surface area contributed by atoms with Gasteiger partial charge in [-0.1, -0.05) is 209 Å². The van der Waals surface area contributed by atoms with E-state index in [9.17, 15) is 19.0 Å². The molecule has 10 heteroatoms. The third kappa shape index (κ3) is 53.1. The third-order valence-corrected chi connectivity index (χ3v) is 13.0. The van der Waals surface area contributed by atoms with Gasteiger partial charge in [0.05, 0.1) is 27.7 Å². The first kappa shape index (κ1) is 65.7. The van der Waals surface area contributed by atoms with Gasteiger partial charge < -0.3 is 18.9 Å². The van der Waals surface area contributed by atoms with E-state index in [1.165, 1.54) is 148 Å². The highest BCUT2D eigenvalue weighted by Crippen LogP contribution is 2.43. The van der Waals surface area contributed by atoms with Crippen LogP contribution in [-0.2, 0) is 32.7 Å². The quantitative estimate of drug-likeness (QED) is 0.0211. The Bertz CT molecular complexity index is 1340. The predicted octanol–water partition coefficient (Wildman–Crippen LogP) is 17.1. The highest BCUT2D eigenvalue weighted by molar-refractivity contribution is 7.47. The van der Waals surface area contributed by atoms with Crippen molar-refractivity contribution < 1.29 is 42.1 Å². The van der Waals surface area contributed by atoms with Gasteiger partial charge >= 0.3 is 19.8 Å². The molecular formula is C58H107NO8P+. The van der Waals surface area contributed by atoms with Crippen LogP contribution >= 0.6 is 7.82 Å². The summed E-state index contributed by atoms with van der Waals surface area (Å²) in [5.74, 6) is -0.807. The average molecular weight is 977 g/mol. The molecule has 0 rings (SSSR count). The summed E-state index contributed by atoms with van der Waals surface area (Å²) in [6.45, 7) is 4.41. The maximum absolute atomic E-state index is 12.8. The van der Waals surface area contributed by atoms with Crippen molar-refractivity contribution in [3.8, 4) is 0 Å². The number of phosphoric ester groups is 1. The van der Waals surface area contributed by atoms with Gasteiger partial charge in [-0.15, -0.1) is 0 Å². The molecule has 1 N–H and O–H groups in total. The monoisotopic (exact) mass is 977 g/mol. The van der Waals surface area contributed by atoms with Gasteiger partial charge in [0.25, 0.3) is 0 Å². The van der Waals surface area contributed by atoms with E-state index in [4.69, 9.17) is 18.5 Å². The minimum absolute atomic E-state index is 0.0275. The van der Waals surface area contributed by atoms with Crippen molar-refractivity contribution in [1.29, 1.82) is 0 Å². The van der Waals surface area contributed by atoms with Gasteiger partial charge in [0.2, 0.25) is 0 Å². The van der Waals surface area contributed by atoms with E-state index in [-0.39, 0.29) is 32.0 Å². The van der Waals surface area contributed by atoms with Crippen LogP contribution in [-0.4, -0.2) is 74.9 Å². The van der Waals surface area contributed by atoms with Crippen molar-refractivity contribution in [2.45, 2.75) is 251 Å². The molecule has 0 aromatic rings. The van der Waals surface area contributed by atoms with Gasteiger partial charge in [-0.2, -0.15) is 0 Å². The summed E-state index contributed by atoms with van der Waals surface area (Å²) >= 11 is 0.